The molecule has 0 radical (unpaired) electrons. The quantitative estimate of drug-likeness (QED) is 0.773. The fraction of sp³-hybridized carbons (Fsp3) is 0.300. The minimum Gasteiger partial charge on any atom is -0.366 e. The minimum atomic E-state index is -0.530. The number of primary amides is 1. The maximum Gasteiger partial charge on any atom is 0.255 e. The molecule has 1 aliphatic rings. The van der Waals surface area contributed by atoms with E-state index in [0.717, 1.165) is 31.3 Å². The van der Waals surface area contributed by atoms with Gasteiger partial charge in [-0.25, -0.2) is 4.98 Å². The van der Waals surface area contributed by atoms with E-state index in [1.54, 1.807) is 18.5 Å². The minimum absolute atomic E-state index is 0.0291. The summed E-state index contributed by atoms with van der Waals surface area (Å²) in [6, 6.07) is 5.43. The third kappa shape index (κ3) is 3.28. The number of piperidine rings is 1. The van der Waals surface area contributed by atoms with Gasteiger partial charge in [0.2, 0.25) is 5.91 Å². The smallest absolute Gasteiger partial charge is 0.255 e. The molecule has 3 aromatic heterocycles. The third-order valence-electron chi connectivity index (χ3n) is 5.13. The number of nitrogens with two attached hydrogens (primary N) is 1. The number of amides is 2. The normalized spacial score (nSPS) is 15.2. The molecule has 0 aromatic carbocycles. The number of aromatic nitrogens is 3. The zero-order chi connectivity index (χ0) is 19.0. The van der Waals surface area contributed by atoms with Crippen molar-refractivity contribution >= 4 is 22.8 Å². The summed E-state index contributed by atoms with van der Waals surface area (Å²) < 4.78 is 1.83. The first-order valence-corrected chi connectivity index (χ1v) is 9.04. The van der Waals surface area contributed by atoms with E-state index in [0.29, 0.717) is 28.4 Å². The molecule has 7 nitrogen and oxygen atoms in total. The highest BCUT2D eigenvalue weighted by molar-refractivity contribution is 5.97. The van der Waals surface area contributed by atoms with Crippen molar-refractivity contribution in [2.75, 3.05) is 13.1 Å². The van der Waals surface area contributed by atoms with Crippen LogP contribution < -0.4 is 5.73 Å². The number of pyridine rings is 2. The number of carbonyl (C=O) groups is 2. The lowest BCUT2D eigenvalue weighted by atomic mass is 9.99. The first-order chi connectivity index (χ1) is 13.0. The molecule has 0 spiro atoms. The molecule has 2 N–H and O–H groups in total. The standard InChI is InChI=1S/C20H21N5O2/c1-13-2-5-24(6-3-13)20(27)16-8-14-4-7-25(19(14)23-11-16)17-9-15(18(21)26)10-22-12-17/h4,7-13H,2-3,5-6H2,1H3,(H2,21,26). The highest BCUT2D eigenvalue weighted by Gasteiger charge is 2.22. The Morgan fingerprint density at radius 1 is 1.11 bits per heavy atom. The van der Waals surface area contributed by atoms with Crippen LogP contribution in [-0.4, -0.2) is 44.3 Å². The van der Waals surface area contributed by atoms with Crippen molar-refractivity contribution in [2.45, 2.75) is 19.8 Å². The van der Waals surface area contributed by atoms with Gasteiger partial charge in [0.05, 0.1) is 23.0 Å². The summed E-state index contributed by atoms with van der Waals surface area (Å²) in [4.78, 5) is 34.6. The molecule has 0 aliphatic carbocycles. The fourth-order valence-electron chi connectivity index (χ4n) is 3.44. The average Bonchev–Trinajstić information content (AvgIpc) is 3.11. The van der Waals surface area contributed by atoms with Gasteiger partial charge in [0.15, 0.2) is 0 Å². The molecule has 3 aromatic rings. The lowest BCUT2D eigenvalue weighted by Gasteiger charge is -2.30. The molecule has 2 amide bonds. The molecule has 0 atom stereocenters. The Balaban J connectivity index is 1.65. The largest absolute Gasteiger partial charge is 0.366 e. The molecule has 0 saturated carbocycles. The molecule has 0 unspecified atom stereocenters. The van der Waals surface area contributed by atoms with Crippen molar-refractivity contribution in [3.8, 4) is 5.69 Å². The summed E-state index contributed by atoms with van der Waals surface area (Å²) in [7, 11) is 0. The second kappa shape index (κ2) is 6.83. The summed E-state index contributed by atoms with van der Waals surface area (Å²) in [6.07, 6.45) is 8.62. The van der Waals surface area contributed by atoms with Crippen LogP contribution in [-0.2, 0) is 0 Å². The second-order valence-corrected chi connectivity index (χ2v) is 7.09. The van der Waals surface area contributed by atoms with E-state index in [1.165, 1.54) is 6.20 Å². The molecule has 1 fully saturated rings. The molecule has 4 rings (SSSR count). The fourth-order valence-corrected chi connectivity index (χ4v) is 3.44. The van der Waals surface area contributed by atoms with E-state index >= 15 is 0 Å². The average molecular weight is 363 g/mol. The molecule has 4 heterocycles. The van der Waals surface area contributed by atoms with E-state index in [9.17, 15) is 9.59 Å². The molecule has 7 heteroatoms. The van der Waals surface area contributed by atoms with Gasteiger partial charge in [-0.05, 0) is 37.0 Å². The molecule has 1 aliphatic heterocycles. The van der Waals surface area contributed by atoms with Crippen molar-refractivity contribution in [1.82, 2.24) is 19.4 Å². The number of rotatable bonds is 3. The first kappa shape index (κ1) is 17.2. The SMILES string of the molecule is CC1CCN(C(=O)c2cnc3c(ccn3-c3cncc(C(N)=O)c3)c2)CC1. The maximum absolute atomic E-state index is 12.8. The Labute approximate surface area is 156 Å². The van der Waals surface area contributed by atoms with Gasteiger partial charge in [0, 0.05) is 37.1 Å². The van der Waals surface area contributed by atoms with E-state index in [2.05, 4.69) is 16.9 Å². The molecule has 0 bridgehead atoms. The van der Waals surface area contributed by atoms with Crippen LogP contribution in [0.25, 0.3) is 16.7 Å². The number of hydrogen-bond donors (Lipinski definition) is 1. The van der Waals surface area contributed by atoms with E-state index in [1.807, 2.05) is 27.8 Å². The Morgan fingerprint density at radius 2 is 1.89 bits per heavy atom. The number of likely N-dealkylation sites (tertiary alicyclic amines) is 1. The maximum atomic E-state index is 12.8. The summed E-state index contributed by atoms with van der Waals surface area (Å²) in [5.74, 6) is 0.174. The number of fused-ring (bicyclic) bond motifs is 1. The highest BCUT2D eigenvalue weighted by atomic mass is 16.2. The van der Waals surface area contributed by atoms with Gasteiger partial charge in [-0.3, -0.25) is 19.1 Å². The topological polar surface area (TPSA) is 94.1 Å². The first-order valence-electron chi connectivity index (χ1n) is 9.04. The molecular weight excluding hydrogens is 342 g/mol. The van der Waals surface area contributed by atoms with Gasteiger partial charge in [0.25, 0.3) is 5.91 Å². The van der Waals surface area contributed by atoms with Crippen molar-refractivity contribution in [1.29, 1.82) is 0 Å². The monoisotopic (exact) mass is 363 g/mol. The molecule has 138 valence electrons. The predicted molar refractivity (Wildman–Crippen MR) is 102 cm³/mol. The van der Waals surface area contributed by atoms with Gasteiger partial charge in [-0.1, -0.05) is 6.92 Å². The highest BCUT2D eigenvalue weighted by Crippen LogP contribution is 2.22. The van der Waals surface area contributed by atoms with E-state index in [4.69, 9.17) is 5.73 Å². The van der Waals surface area contributed by atoms with Crippen molar-refractivity contribution < 1.29 is 9.59 Å². The Kier molecular flexibility index (Phi) is 4.35. The summed E-state index contributed by atoms with van der Waals surface area (Å²) in [5, 5.41) is 0.857. The van der Waals surface area contributed by atoms with Gasteiger partial charge in [-0.2, -0.15) is 0 Å². The van der Waals surface area contributed by atoms with Crippen molar-refractivity contribution in [3.63, 3.8) is 0 Å². The van der Waals surface area contributed by atoms with Gasteiger partial charge >= 0.3 is 0 Å². The summed E-state index contributed by atoms with van der Waals surface area (Å²) in [6.45, 7) is 3.81. The van der Waals surface area contributed by atoms with Crippen molar-refractivity contribution in [3.05, 3.63) is 54.1 Å². The third-order valence-corrected chi connectivity index (χ3v) is 5.13. The zero-order valence-electron chi connectivity index (χ0n) is 15.1. The lowest BCUT2D eigenvalue weighted by Crippen LogP contribution is -2.37. The predicted octanol–water partition coefficient (Wildman–Crippen LogP) is 2.39. The second-order valence-electron chi connectivity index (χ2n) is 7.09. The Hall–Kier alpha value is -3.22. The van der Waals surface area contributed by atoms with E-state index < -0.39 is 5.91 Å². The van der Waals surface area contributed by atoms with Crippen LogP contribution in [0.4, 0.5) is 0 Å². The number of nitrogens with zero attached hydrogens (tertiary/aromatic N) is 4. The van der Waals surface area contributed by atoms with Gasteiger partial charge < -0.3 is 10.6 Å². The van der Waals surface area contributed by atoms with Crippen LogP contribution in [0.2, 0.25) is 0 Å². The summed E-state index contributed by atoms with van der Waals surface area (Å²) in [5.41, 5.74) is 7.65. The van der Waals surface area contributed by atoms with Crippen LogP contribution >= 0.6 is 0 Å². The number of hydrogen-bond acceptors (Lipinski definition) is 4. The molecular formula is C20H21N5O2. The van der Waals surface area contributed by atoms with Gasteiger partial charge in [0.1, 0.15) is 5.65 Å². The molecule has 1 saturated heterocycles. The van der Waals surface area contributed by atoms with Crippen LogP contribution in [0, 0.1) is 5.92 Å². The van der Waals surface area contributed by atoms with Crippen molar-refractivity contribution in [2.24, 2.45) is 11.7 Å². The van der Waals surface area contributed by atoms with E-state index in [-0.39, 0.29) is 5.91 Å². The van der Waals surface area contributed by atoms with Crippen LogP contribution in [0.3, 0.4) is 0 Å². The number of carbonyl (C=O) groups excluding carboxylic acids is 2. The zero-order valence-corrected chi connectivity index (χ0v) is 15.1. The van der Waals surface area contributed by atoms with Crippen LogP contribution in [0.1, 0.15) is 40.5 Å². The van der Waals surface area contributed by atoms with Crippen LogP contribution in [0.5, 0.6) is 0 Å². The van der Waals surface area contributed by atoms with Crippen LogP contribution in [0.15, 0.2) is 43.0 Å². The Bertz CT molecular complexity index is 1020. The summed E-state index contributed by atoms with van der Waals surface area (Å²) >= 11 is 0. The lowest BCUT2D eigenvalue weighted by molar-refractivity contribution is 0.0697. The van der Waals surface area contributed by atoms with Gasteiger partial charge in [-0.15, -0.1) is 0 Å². The Morgan fingerprint density at radius 3 is 2.63 bits per heavy atom. The molecule has 27 heavy (non-hydrogen) atoms.